The van der Waals surface area contributed by atoms with Gasteiger partial charge in [0, 0.05) is 0 Å². The summed E-state index contributed by atoms with van der Waals surface area (Å²) in [5, 5.41) is 0. The molecule has 1 saturated carbocycles. The second-order valence-corrected chi connectivity index (χ2v) is 21.7. The number of benzene rings is 2. The van der Waals surface area contributed by atoms with Crippen molar-refractivity contribution in [3.8, 4) is 11.1 Å². The Hall–Kier alpha value is -1.33. The van der Waals surface area contributed by atoms with E-state index in [9.17, 15) is 0 Å². The van der Waals surface area contributed by atoms with Gasteiger partial charge in [-0.2, -0.15) is 0 Å². The predicted octanol–water partition coefficient (Wildman–Crippen LogP) is 10.8. The third-order valence-electron chi connectivity index (χ3n) is 9.76. The van der Waals surface area contributed by atoms with Crippen LogP contribution in [0.1, 0.15) is 133 Å². The van der Waals surface area contributed by atoms with E-state index in [0.717, 1.165) is 0 Å². The van der Waals surface area contributed by atoms with E-state index in [2.05, 4.69) is 111 Å². The molecule has 1 heteroatoms. The molecule has 2 aromatic carbocycles. The van der Waals surface area contributed by atoms with Crippen LogP contribution in [0.3, 0.4) is 0 Å². The molecule has 0 N–H and O–H groups in total. The van der Waals surface area contributed by atoms with E-state index >= 15 is 0 Å². The Kier molecular flexibility index (Phi) is 7.61. The fraction of sp³-hybridized carbons (Fsp3) is 0.541. The molecule has 2 aromatic rings. The number of hydrogen-bond acceptors (Lipinski definition) is 0. The molecular formula is C37H50Zr. The second kappa shape index (κ2) is 10.3. The average Bonchev–Trinajstić information content (AvgIpc) is 3.48. The molecule has 0 aromatic heterocycles. The molecule has 0 atom stereocenters. The molecule has 0 radical (unpaired) electrons. The fourth-order valence-electron chi connectivity index (χ4n) is 6.75. The SMILES string of the molecule is CCC(C)(C)C1=CC[C]([Zr](=[C]2CCCCC2)[CH]2c3ccc(C(C)(C)C)cc3-c3cc(C(C)(C)C)ccc32)=C1. The van der Waals surface area contributed by atoms with Crippen molar-refractivity contribution in [2.45, 2.75) is 122 Å². The molecule has 0 spiro atoms. The minimum atomic E-state index is -2.20. The molecule has 5 rings (SSSR count). The molecule has 3 aliphatic rings. The predicted molar refractivity (Wildman–Crippen MR) is 164 cm³/mol. The van der Waals surface area contributed by atoms with Gasteiger partial charge in [0.1, 0.15) is 0 Å². The van der Waals surface area contributed by atoms with Crippen molar-refractivity contribution >= 4 is 3.21 Å². The van der Waals surface area contributed by atoms with Crippen LogP contribution < -0.4 is 0 Å². The van der Waals surface area contributed by atoms with Crippen LogP contribution in [0.5, 0.6) is 0 Å². The maximum atomic E-state index is 2.71. The normalized spacial score (nSPS) is 18.3. The summed E-state index contributed by atoms with van der Waals surface area (Å²) in [4.78, 5) is 0. The van der Waals surface area contributed by atoms with Crippen LogP contribution in [0.15, 0.2) is 57.4 Å². The molecule has 202 valence electrons. The van der Waals surface area contributed by atoms with Crippen molar-refractivity contribution in [3.05, 3.63) is 79.7 Å². The molecule has 1 fully saturated rings. The molecule has 0 heterocycles. The van der Waals surface area contributed by atoms with Crippen molar-refractivity contribution in [3.63, 3.8) is 0 Å². The van der Waals surface area contributed by atoms with Crippen molar-refractivity contribution in [2.75, 3.05) is 0 Å². The van der Waals surface area contributed by atoms with E-state index in [0.29, 0.717) is 3.63 Å². The Morgan fingerprint density at radius 2 is 1.26 bits per heavy atom. The van der Waals surface area contributed by atoms with Gasteiger partial charge >= 0.3 is 242 Å². The molecule has 0 saturated heterocycles. The van der Waals surface area contributed by atoms with E-state index in [1.807, 2.05) is 6.49 Å². The van der Waals surface area contributed by atoms with Crippen molar-refractivity contribution in [2.24, 2.45) is 5.41 Å². The number of allylic oxidation sites excluding steroid dienone is 4. The zero-order valence-corrected chi connectivity index (χ0v) is 28.1. The molecule has 0 amide bonds. The van der Waals surface area contributed by atoms with Crippen molar-refractivity contribution in [1.29, 1.82) is 0 Å². The van der Waals surface area contributed by atoms with Gasteiger partial charge in [-0.1, -0.05) is 0 Å². The summed E-state index contributed by atoms with van der Waals surface area (Å²) in [6.07, 6.45) is 14.7. The van der Waals surface area contributed by atoms with Crippen LogP contribution in [0.25, 0.3) is 11.1 Å². The molecule has 0 aliphatic heterocycles. The van der Waals surface area contributed by atoms with E-state index in [1.165, 1.54) is 56.1 Å². The number of fused-ring (bicyclic) bond motifs is 3. The van der Waals surface area contributed by atoms with Crippen LogP contribution in [0.4, 0.5) is 0 Å². The van der Waals surface area contributed by atoms with Crippen LogP contribution >= 0.6 is 0 Å². The zero-order chi connectivity index (χ0) is 27.5. The standard InChI is InChI=1S/C21H25.C10H15.C6H10.Zr/c1-20(2,3)16-9-7-14-11-15-8-10-17(21(4,5)6)13-19(15)18(14)12-16;1-4-10(2,3)9-7-5-6-8-9;1-2-4-6-5-3-1;/h7-13H,1-6H3;7-8H,4-5H2,1-3H3;1-5H2;. The molecule has 38 heavy (non-hydrogen) atoms. The first kappa shape index (κ1) is 28.2. The van der Waals surface area contributed by atoms with Gasteiger partial charge in [0.15, 0.2) is 0 Å². The molecule has 0 unspecified atom stereocenters. The molecule has 3 aliphatic carbocycles. The van der Waals surface area contributed by atoms with Crippen molar-refractivity contribution in [1.82, 2.24) is 0 Å². The van der Waals surface area contributed by atoms with E-state index in [-0.39, 0.29) is 16.2 Å². The van der Waals surface area contributed by atoms with Crippen LogP contribution in [-0.4, -0.2) is 3.21 Å². The van der Waals surface area contributed by atoms with Crippen LogP contribution in [0.2, 0.25) is 0 Å². The van der Waals surface area contributed by atoms with Gasteiger partial charge < -0.3 is 0 Å². The fourth-order valence-corrected chi connectivity index (χ4v) is 16.3. The Balaban J connectivity index is 1.74. The summed E-state index contributed by atoms with van der Waals surface area (Å²) in [5.41, 5.74) is 11.5. The van der Waals surface area contributed by atoms with Gasteiger partial charge in [0.2, 0.25) is 0 Å². The summed E-state index contributed by atoms with van der Waals surface area (Å²) >= 11 is -2.20. The van der Waals surface area contributed by atoms with Gasteiger partial charge in [0.25, 0.3) is 0 Å². The van der Waals surface area contributed by atoms with E-state index < -0.39 is 21.3 Å². The number of rotatable bonds is 4. The second-order valence-electron chi connectivity index (χ2n) is 14.9. The Morgan fingerprint density at radius 3 is 1.74 bits per heavy atom. The Labute approximate surface area is 241 Å². The molecule has 0 nitrogen and oxygen atoms in total. The number of hydrogen-bond donors (Lipinski definition) is 0. The van der Waals surface area contributed by atoms with E-state index in [1.54, 1.807) is 27.8 Å². The first-order valence-electron chi connectivity index (χ1n) is 15.2. The third-order valence-corrected chi connectivity index (χ3v) is 18.4. The topological polar surface area (TPSA) is 0 Å². The average molecular weight is 586 g/mol. The third kappa shape index (κ3) is 5.23. The summed E-state index contributed by atoms with van der Waals surface area (Å²) in [6, 6.07) is 15.2. The first-order valence-corrected chi connectivity index (χ1v) is 19.1. The summed E-state index contributed by atoms with van der Waals surface area (Å²) in [5.74, 6) is 0. The monoisotopic (exact) mass is 584 g/mol. The van der Waals surface area contributed by atoms with Crippen LogP contribution in [0, 0.1) is 5.41 Å². The zero-order valence-electron chi connectivity index (χ0n) is 25.6. The van der Waals surface area contributed by atoms with E-state index in [4.69, 9.17) is 0 Å². The van der Waals surface area contributed by atoms with Crippen molar-refractivity contribution < 1.29 is 21.3 Å². The Morgan fingerprint density at radius 1 is 0.737 bits per heavy atom. The van der Waals surface area contributed by atoms with Gasteiger partial charge in [0.05, 0.1) is 0 Å². The minimum absolute atomic E-state index is 0.160. The van der Waals surface area contributed by atoms with Gasteiger partial charge in [-0.3, -0.25) is 0 Å². The van der Waals surface area contributed by atoms with Crippen LogP contribution in [-0.2, 0) is 32.1 Å². The van der Waals surface area contributed by atoms with Gasteiger partial charge in [-0.15, -0.1) is 0 Å². The summed E-state index contributed by atoms with van der Waals surface area (Å²) in [6.45, 7) is 21.4. The molecule has 0 bridgehead atoms. The maximum absolute atomic E-state index is 2.71. The Bertz CT molecular complexity index is 1260. The summed E-state index contributed by atoms with van der Waals surface area (Å²) in [7, 11) is 0. The quantitative estimate of drug-likeness (QED) is 0.335. The first-order chi connectivity index (χ1) is 17.8. The summed E-state index contributed by atoms with van der Waals surface area (Å²) < 4.78 is 4.50. The van der Waals surface area contributed by atoms with Gasteiger partial charge in [-0.05, 0) is 0 Å². The van der Waals surface area contributed by atoms with Gasteiger partial charge in [-0.25, -0.2) is 0 Å². The molecular weight excluding hydrogens is 536 g/mol.